The van der Waals surface area contributed by atoms with Crippen LogP contribution in [0.15, 0.2) is 41.2 Å². The lowest BCUT2D eigenvalue weighted by Crippen LogP contribution is -2.47. The molecule has 0 fully saturated rings. The van der Waals surface area contributed by atoms with E-state index < -0.39 is 11.2 Å². The molecule has 0 bridgehead atoms. The summed E-state index contributed by atoms with van der Waals surface area (Å²) in [5.41, 5.74) is -1.13. The van der Waals surface area contributed by atoms with Crippen LogP contribution in [0.4, 0.5) is 0 Å². The monoisotopic (exact) mass is 448 g/mol. The number of hydrogen-bond donors (Lipinski definition) is 1. The second-order valence-corrected chi connectivity index (χ2v) is 8.66. The van der Waals surface area contributed by atoms with Crippen molar-refractivity contribution in [1.29, 1.82) is 0 Å². The number of fused-ring (bicyclic) bond motifs is 6. The van der Waals surface area contributed by atoms with Crippen molar-refractivity contribution in [2.24, 2.45) is 0 Å². The minimum atomic E-state index is -1.72. The number of hydrogen-bond acceptors (Lipinski definition) is 7. The van der Waals surface area contributed by atoms with E-state index in [0.29, 0.717) is 64.2 Å². The van der Waals surface area contributed by atoms with Crippen LogP contribution in [0.5, 0.6) is 23.0 Å². The molecule has 6 rings (SSSR count). The number of aromatic nitrogens is 2. The van der Waals surface area contributed by atoms with Gasteiger partial charge in [0.25, 0.3) is 5.56 Å². The summed E-state index contributed by atoms with van der Waals surface area (Å²) in [7, 11) is 4.69. The summed E-state index contributed by atoms with van der Waals surface area (Å²) >= 11 is 0. The molecule has 0 saturated carbocycles. The molecule has 0 saturated heterocycles. The van der Waals surface area contributed by atoms with Gasteiger partial charge in [-0.15, -0.1) is 0 Å². The summed E-state index contributed by atoms with van der Waals surface area (Å²) in [5.74, 6) is 2.77. The van der Waals surface area contributed by atoms with Gasteiger partial charge in [0.15, 0.2) is 11.2 Å². The highest BCUT2D eigenvalue weighted by molar-refractivity contribution is 5.65. The van der Waals surface area contributed by atoms with Gasteiger partial charge in [-0.2, -0.15) is 0 Å². The van der Waals surface area contributed by atoms with E-state index in [9.17, 15) is 9.90 Å². The second-order valence-electron chi connectivity index (χ2n) is 8.66. The first-order valence-corrected chi connectivity index (χ1v) is 10.9. The van der Waals surface area contributed by atoms with Gasteiger partial charge >= 0.3 is 0 Å². The van der Waals surface area contributed by atoms with Crippen LogP contribution in [-0.2, 0) is 30.6 Å². The van der Waals surface area contributed by atoms with Crippen molar-refractivity contribution in [3.8, 4) is 23.0 Å². The zero-order chi connectivity index (χ0) is 23.0. The lowest BCUT2D eigenvalue weighted by Gasteiger charge is -2.35. The summed E-state index contributed by atoms with van der Waals surface area (Å²) < 4.78 is 24.7. The molecule has 3 aliphatic rings. The molecule has 0 amide bonds. The molecule has 0 radical (unpaired) electrons. The molecule has 1 aliphatic carbocycles. The van der Waals surface area contributed by atoms with Crippen LogP contribution in [0, 0.1) is 0 Å². The largest absolute Gasteiger partial charge is 0.497 e. The van der Waals surface area contributed by atoms with E-state index in [0.717, 1.165) is 6.42 Å². The van der Waals surface area contributed by atoms with Gasteiger partial charge in [0, 0.05) is 37.1 Å². The molecule has 2 aromatic carbocycles. The maximum atomic E-state index is 13.5. The smallest absolute Gasteiger partial charge is 0.257 e. The second kappa shape index (κ2) is 6.74. The van der Waals surface area contributed by atoms with Crippen LogP contribution in [0.1, 0.15) is 34.6 Å². The Morgan fingerprint density at radius 3 is 2.52 bits per heavy atom. The van der Waals surface area contributed by atoms with E-state index in [1.807, 2.05) is 24.3 Å². The van der Waals surface area contributed by atoms with Gasteiger partial charge in [-0.3, -0.25) is 9.36 Å². The van der Waals surface area contributed by atoms with Crippen molar-refractivity contribution in [2.45, 2.75) is 37.0 Å². The first kappa shape index (κ1) is 20.1. The number of rotatable bonds is 4. The Labute approximate surface area is 190 Å². The van der Waals surface area contributed by atoms with Crippen LogP contribution >= 0.6 is 0 Å². The summed E-state index contributed by atoms with van der Waals surface area (Å²) in [6, 6.07) is 10.8. The van der Waals surface area contributed by atoms with Gasteiger partial charge in [-0.05, 0) is 24.1 Å². The molecule has 0 spiro atoms. The number of aliphatic hydroxyl groups is 1. The fraction of sp³-hybridized carbons (Fsp3) is 0.360. The van der Waals surface area contributed by atoms with Crippen molar-refractivity contribution in [3.63, 3.8) is 0 Å². The summed E-state index contributed by atoms with van der Waals surface area (Å²) in [6.07, 6.45) is 1.74. The molecule has 3 aromatic rings. The van der Waals surface area contributed by atoms with Crippen molar-refractivity contribution in [1.82, 2.24) is 9.55 Å². The number of aryl methyl sites for hydroxylation is 1. The van der Waals surface area contributed by atoms with Gasteiger partial charge in [-0.25, -0.2) is 4.98 Å². The predicted octanol–water partition coefficient (Wildman–Crippen LogP) is 2.30. The highest BCUT2D eigenvalue weighted by Crippen LogP contribution is 2.64. The SMILES string of the molecule is COc1ccc([C@@]23Cc4c(nc5n(c4=O)CCC5)[C@]2(O)c2c(OC)cc(OC)cc2O3)cc1. The molecule has 8 nitrogen and oxygen atoms in total. The molecule has 1 aromatic heterocycles. The predicted molar refractivity (Wildman–Crippen MR) is 118 cm³/mol. The van der Waals surface area contributed by atoms with Gasteiger partial charge < -0.3 is 24.1 Å². The van der Waals surface area contributed by atoms with Crippen LogP contribution in [0.25, 0.3) is 0 Å². The maximum absolute atomic E-state index is 13.5. The molecule has 1 N–H and O–H groups in total. The zero-order valence-corrected chi connectivity index (χ0v) is 18.7. The standard InChI is InChI=1S/C25H24N2O6/c1-30-15-8-6-14(7-9-15)24-13-17-22(26-20-5-4-10-27(20)23(17)28)25(24,29)21-18(32-3)11-16(31-2)12-19(21)33-24/h6-9,11-12,29H,4-5,10,13H2,1-3H3/t24-,25+/m0/s1. The third-order valence-corrected chi connectivity index (χ3v) is 7.17. The Hall–Kier alpha value is -3.52. The minimum Gasteiger partial charge on any atom is -0.497 e. The van der Waals surface area contributed by atoms with Crippen molar-refractivity contribution >= 4 is 0 Å². The molecule has 2 atom stereocenters. The topological polar surface area (TPSA) is 92.0 Å². The molecular weight excluding hydrogens is 424 g/mol. The fourth-order valence-corrected chi connectivity index (χ4v) is 5.61. The Bertz CT molecular complexity index is 1350. The molecular formula is C25H24N2O6. The molecule has 2 aliphatic heterocycles. The Morgan fingerprint density at radius 2 is 1.82 bits per heavy atom. The van der Waals surface area contributed by atoms with Crippen LogP contribution < -0.4 is 24.5 Å². The van der Waals surface area contributed by atoms with E-state index in [1.54, 1.807) is 30.9 Å². The quantitative estimate of drug-likeness (QED) is 0.655. The minimum absolute atomic E-state index is 0.110. The lowest BCUT2D eigenvalue weighted by molar-refractivity contribution is -0.0820. The molecule has 3 heterocycles. The number of nitrogens with zero attached hydrogens (tertiary/aromatic N) is 2. The van der Waals surface area contributed by atoms with Crippen LogP contribution in [0.3, 0.4) is 0 Å². The lowest BCUT2D eigenvalue weighted by atomic mass is 9.76. The van der Waals surface area contributed by atoms with Crippen LogP contribution in [-0.4, -0.2) is 36.0 Å². The number of ether oxygens (including phenoxy) is 4. The van der Waals surface area contributed by atoms with Gasteiger partial charge in [0.1, 0.15) is 28.8 Å². The Balaban J connectivity index is 1.68. The third-order valence-electron chi connectivity index (χ3n) is 7.17. The average molecular weight is 448 g/mol. The molecule has 33 heavy (non-hydrogen) atoms. The first-order chi connectivity index (χ1) is 16.0. The maximum Gasteiger partial charge on any atom is 0.257 e. The summed E-state index contributed by atoms with van der Waals surface area (Å²) in [5, 5.41) is 12.6. The average Bonchev–Trinajstić information content (AvgIpc) is 3.48. The highest BCUT2D eigenvalue weighted by Gasteiger charge is 2.69. The van der Waals surface area contributed by atoms with Crippen molar-refractivity contribution in [3.05, 3.63) is 75.0 Å². The third kappa shape index (κ3) is 2.39. The number of benzene rings is 2. The number of methoxy groups -OCH3 is 3. The Kier molecular flexibility index (Phi) is 4.11. The summed E-state index contributed by atoms with van der Waals surface area (Å²) in [4.78, 5) is 18.3. The fourth-order valence-electron chi connectivity index (χ4n) is 5.61. The van der Waals surface area contributed by atoms with Gasteiger partial charge in [0.05, 0.1) is 32.6 Å². The van der Waals surface area contributed by atoms with Crippen LogP contribution in [0.2, 0.25) is 0 Å². The first-order valence-electron chi connectivity index (χ1n) is 10.9. The van der Waals surface area contributed by atoms with Gasteiger partial charge in [-0.1, -0.05) is 12.1 Å². The zero-order valence-electron chi connectivity index (χ0n) is 18.7. The highest BCUT2D eigenvalue weighted by atomic mass is 16.5. The van der Waals surface area contributed by atoms with Crippen molar-refractivity contribution < 1.29 is 24.1 Å². The normalized spacial score (nSPS) is 23.9. The van der Waals surface area contributed by atoms with E-state index in [-0.39, 0.29) is 12.0 Å². The molecule has 0 unspecified atom stereocenters. The van der Waals surface area contributed by atoms with E-state index in [4.69, 9.17) is 23.9 Å². The van der Waals surface area contributed by atoms with E-state index >= 15 is 0 Å². The Morgan fingerprint density at radius 1 is 1.06 bits per heavy atom. The van der Waals surface area contributed by atoms with Gasteiger partial charge in [0.2, 0.25) is 0 Å². The van der Waals surface area contributed by atoms with E-state index in [2.05, 4.69) is 0 Å². The molecule has 170 valence electrons. The molecule has 8 heteroatoms. The van der Waals surface area contributed by atoms with E-state index in [1.165, 1.54) is 7.11 Å². The van der Waals surface area contributed by atoms with Crippen molar-refractivity contribution in [2.75, 3.05) is 21.3 Å². The summed E-state index contributed by atoms with van der Waals surface area (Å²) in [6.45, 7) is 0.639.